The number of nitrogens with zero attached hydrogens (tertiary/aromatic N) is 4. The fourth-order valence-electron chi connectivity index (χ4n) is 3.23. The lowest BCUT2D eigenvalue weighted by Gasteiger charge is -2.13. The number of nitro groups is 1. The Labute approximate surface area is 175 Å². The number of hydrogen-bond donors (Lipinski definition) is 3. The molecule has 0 aliphatic rings. The molecule has 0 aliphatic carbocycles. The summed E-state index contributed by atoms with van der Waals surface area (Å²) >= 11 is 0. The van der Waals surface area contributed by atoms with Gasteiger partial charge >= 0.3 is 0 Å². The van der Waals surface area contributed by atoms with Crippen molar-refractivity contribution in [1.82, 2.24) is 20.2 Å². The topological polar surface area (TPSA) is 109 Å². The summed E-state index contributed by atoms with van der Waals surface area (Å²) in [5.41, 5.74) is 3.12. The maximum atomic E-state index is 10.7. The second kappa shape index (κ2) is 10.2. The molecule has 0 bridgehead atoms. The quantitative estimate of drug-likeness (QED) is 0.165. The minimum Gasteiger partial charge on any atom is -0.383 e. The van der Waals surface area contributed by atoms with E-state index in [1.165, 1.54) is 12.1 Å². The first-order valence-electron chi connectivity index (χ1n) is 9.93. The van der Waals surface area contributed by atoms with Crippen LogP contribution in [0.4, 0.5) is 11.4 Å². The molecule has 0 fully saturated rings. The number of hydrogen-bond acceptors (Lipinski definition) is 5. The predicted octanol–water partition coefficient (Wildman–Crippen LogP) is 2.92. The molecule has 9 heteroatoms. The van der Waals surface area contributed by atoms with Gasteiger partial charge in [-0.2, -0.15) is 0 Å². The monoisotopic (exact) mass is 409 g/mol. The van der Waals surface area contributed by atoms with Crippen LogP contribution in [-0.2, 0) is 6.54 Å². The zero-order chi connectivity index (χ0) is 21.3. The summed E-state index contributed by atoms with van der Waals surface area (Å²) in [6, 6.07) is 14.6. The van der Waals surface area contributed by atoms with Crippen LogP contribution in [0.3, 0.4) is 0 Å². The lowest BCUT2D eigenvalue weighted by molar-refractivity contribution is -0.384. The second-order valence-corrected chi connectivity index (χ2v) is 6.81. The van der Waals surface area contributed by atoms with Gasteiger partial charge in [0, 0.05) is 51.0 Å². The van der Waals surface area contributed by atoms with Crippen LogP contribution in [0.5, 0.6) is 0 Å². The van der Waals surface area contributed by atoms with Gasteiger partial charge in [-0.05, 0) is 37.6 Å². The van der Waals surface area contributed by atoms with E-state index in [0.29, 0.717) is 13.1 Å². The van der Waals surface area contributed by atoms with Crippen LogP contribution in [0.25, 0.3) is 11.0 Å². The summed E-state index contributed by atoms with van der Waals surface area (Å²) in [6.45, 7) is 5.05. The molecule has 0 saturated heterocycles. The maximum Gasteiger partial charge on any atom is 0.269 e. The Morgan fingerprint density at radius 3 is 2.57 bits per heavy atom. The van der Waals surface area contributed by atoms with Crippen molar-refractivity contribution in [2.24, 2.45) is 4.99 Å². The van der Waals surface area contributed by atoms with Crippen molar-refractivity contribution in [3.05, 3.63) is 64.5 Å². The average Bonchev–Trinajstić information content (AvgIpc) is 3.08. The van der Waals surface area contributed by atoms with Gasteiger partial charge in [-0.15, -0.1) is 0 Å². The third kappa shape index (κ3) is 5.47. The van der Waals surface area contributed by atoms with Crippen molar-refractivity contribution in [2.45, 2.75) is 19.9 Å². The summed E-state index contributed by atoms with van der Waals surface area (Å²) in [6.07, 6.45) is 0.947. The molecule has 1 heterocycles. The number of para-hydroxylation sites is 2. The molecule has 0 radical (unpaired) electrons. The van der Waals surface area contributed by atoms with Gasteiger partial charge in [0.2, 0.25) is 0 Å². The van der Waals surface area contributed by atoms with Gasteiger partial charge in [0.1, 0.15) is 5.82 Å². The number of rotatable bonds is 9. The van der Waals surface area contributed by atoms with Gasteiger partial charge in [-0.25, -0.2) is 4.98 Å². The molecule has 0 unspecified atom stereocenters. The van der Waals surface area contributed by atoms with Gasteiger partial charge in [0.05, 0.1) is 16.0 Å². The third-order valence-electron chi connectivity index (χ3n) is 4.74. The molecular formula is C21H27N7O2. The number of anilines is 1. The Bertz CT molecular complexity index is 1010. The van der Waals surface area contributed by atoms with Crippen molar-refractivity contribution in [1.29, 1.82) is 0 Å². The Hall–Kier alpha value is -3.62. The zero-order valence-electron chi connectivity index (χ0n) is 17.3. The van der Waals surface area contributed by atoms with E-state index in [0.717, 1.165) is 48.0 Å². The number of fused-ring (bicyclic) bond motifs is 1. The summed E-state index contributed by atoms with van der Waals surface area (Å²) in [4.78, 5) is 19.1. The summed E-state index contributed by atoms with van der Waals surface area (Å²) in [7, 11) is 1.74. The smallest absolute Gasteiger partial charge is 0.269 e. The van der Waals surface area contributed by atoms with Gasteiger partial charge in [-0.1, -0.05) is 12.1 Å². The SMILES string of the molecule is CN=C(NCCCn1c(C)nc2ccccc21)NCCNc1ccc([N+](=O)[O-])cc1. The van der Waals surface area contributed by atoms with Gasteiger partial charge < -0.3 is 20.5 Å². The predicted molar refractivity (Wildman–Crippen MR) is 120 cm³/mol. The molecule has 3 rings (SSSR count). The van der Waals surface area contributed by atoms with Crippen molar-refractivity contribution in [3.63, 3.8) is 0 Å². The molecule has 9 nitrogen and oxygen atoms in total. The first-order chi connectivity index (χ1) is 14.6. The minimum absolute atomic E-state index is 0.0853. The number of imidazole rings is 1. The molecule has 1 aromatic heterocycles. The van der Waals surface area contributed by atoms with E-state index in [-0.39, 0.29) is 5.69 Å². The third-order valence-corrected chi connectivity index (χ3v) is 4.74. The van der Waals surface area contributed by atoms with Crippen LogP contribution >= 0.6 is 0 Å². The number of aryl methyl sites for hydroxylation is 2. The van der Waals surface area contributed by atoms with Gasteiger partial charge in [0.15, 0.2) is 5.96 Å². The molecule has 3 N–H and O–H groups in total. The molecule has 0 spiro atoms. The number of nitro benzene ring substituents is 1. The standard InChI is InChI=1S/C21H27N7O2/c1-16-26-19-6-3-4-7-20(19)27(16)15-5-12-24-21(22-2)25-14-13-23-17-8-10-18(11-9-17)28(29)30/h3-4,6-11,23H,5,12-15H2,1-2H3,(H2,22,24,25). The van der Waals surface area contributed by atoms with Crippen LogP contribution in [0.15, 0.2) is 53.5 Å². The van der Waals surface area contributed by atoms with E-state index in [1.807, 2.05) is 25.1 Å². The fourth-order valence-corrected chi connectivity index (χ4v) is 3.23. The normalized spacial score (nSPS) is 11.5. The van der Waals surface area contributed by atoms with Crippen molar-refractivity contribution in [3.8, 4) is 0 Å². The lowest BCUT2D eigenvalue weighted by atomic mass is 10.3. The Morgan fingerprint density at radius 1 is 1.10 bits per heavy atom. The summed E-state index contributed by atoms with van der Waals surface area (Å²) < 4.78 is 2.24. The number of non-ortho nitro benzene ring substituents is 1. The van der Waals surface area contributed by atoms with E-state index in [1.54, 1.807) is 19.2 Å². The number of aromatic nitrogens is 2. The van der Waals surface area contributed by atoms with E-state index < -0.39 is 4.92 Å². The largest absolute Gasteiger partial charge is 0.383 e. The van der Waals surface area contributed by atoms with E-state index in [9.17, 15) is 10.1 Å². The summed E-state index contributed by atoms with van der Waals surface area (Å²) in [5.74, 6) is 1.77. The number of guanidine groups is 1. The molecule has 3 aromatic rings. The van der Waals surface area contributed by atoms with Crippen LogP contribution < -0.4 is 16.0 Å². The van der Waals surface area contributed by atoms with Crippen LogP contribution in [0, 0.1) is 17.0 Å². The van der Waals surface area contributed by atoms with E-state index in [2.05, 4.69) is 36.6 Å². The van der Waals surface area contributed by atoms with Gasteiger partial charge in [0.25, 0.3) is 5.69 Å². The molecule has 0 saturated carbocycles. The molecule has 2 aromatic carbocycles. The minimum atomic E-state index is -0.405. The number of benzene rings is 2. The Morgan fingerprint density at radius 2 is 1.83 bits per heavy atom. The second-order valence-electron chi connectivity index (χ2n) is 6.81. The molecular weight excluding hydrogens is 382 g/mol. The Kier molecular flexibility index (Phi) is 7.20. The summed E-state index contributed by atoms with van der Waals surface area (Å²) in [5, 5.41) is 20.5. The first-order valence-corrected chi connectivity index (χ1v) is 9.93. The highest BCUT2D eigenvalue weighted by Gasteiger charge is 2.06. The number of nitrogens with one attached hydrogen (secondary N) is 3. The lowest BCUT2D eigenvalue weighted by Crippen LogP contribution is -2.40. The molecule has 0 atom stereocenters. The van der Waals surface area contributed by atoms with E-state index >= 15 is 0 Å². The highest BCUT2D eigenvalue weighted by atomic mass is 16.6. The maximum absolute atomic E-state index is 10.7. The Balaban J connectivity index is 1.36. The van der Waals surface area contributed by atoms with Crippen molar-refractivity contribution in [2.75, 3.05) is 32.0 Å². The van der Waals surface area contributed by atoms with Crippen LogP contribution in [0.1, 0.15) is 12.2 Å². The molecule has 0 amide bonds. The molecule has 30 heavy (non-hydrogen) atoms. The fraction of sp³-hybridized carbons (Fsp3) is 0.333. The van der Waals surface area contributed by atoms with Crippen LogP contribution in [0.2, 0.25) is 0 Å². The van der Waals surface area contributed by atoms with Crippen molar-refractivity contribution < 1.29 is 4.92 Å². The zero-order valence-corrected chi connectivity index (χ0v) is 17.3. The first kappa shape index (κ1) is 21.1. The van der Waals surface area contributed by atoms with Crippen molar-refractivity contribution >= 4 is 28.4 Å². The molecule has 158 valence electrons. The number of aliphatic imine (C=N–C) groups is 1. The van der Waals surface area contributed by atoms with E-state index in [4.69, 9.17) is 0 Å². The van der Waals surface area contributed by atoms with Crippen LogP contribution in [-0.4, -0.2) is 47.1 Å². The average molecular weight is 409 g/mol. The van der Waals surface area contributed by atoms with Gasteiger partial charge in [-0.3, -0.25) is 15.1 Å². The molecule has 0 aliphatic heterocycles. The highest BCUT2D eigenvalue weighted by molar-refractivity contribution is 5.79. The highest BCUT2D eigenvalue weighted by Crippen LogP contribution is 2.16.